The number of amides is 1. The van der Waals surface area contributed by atoms with Crippen LogP contribution in [0.1, 0.15) is 46.2 Å². The first-order chi connectivity index (χ1) is 22.0. The van der Waals surface area contributed by atoms with E-state index in [1.165, 1.54) is 5.56 Å². The molecule has 1 N–H and O–H groups in total. The van der Waals surface area contributed by atoms with Crippen molar-refractivity contribution in [3.05, 3.63) is 119 Å². The summed E-state index contributed by atoms with van der Waals surface area (Å²) >= 11 is 6.22. The quantitative estimate of drug-likeness (QED) is 0.186. The van der Waals surface area contributed by atoms with Crippen LogP contribution in [0.3, 0.4) is 0 Å². The predicted octanol–water partition coefficient (Wildman–Crippen LogP) is 6.28. The van der Waals surface area contributed by atoms with E-state index in [1.807, 2.05) is 78.7 Å². The molecule has 5 aromatic rings. The van der Waals surface area contributed by atoms with Gasteiger partial charge in [-0.25, -0.2) is 4.98 Å². The van der Waals surface area contributed by atoms with Crippen molar-refractivity contribution in [3.63, 3.8) is 0 Å². The Bertz CT molecular complexity index is 1700. The third-order valence-electron chi connectivity index (χ3n) is 8.69. The fourth-order valence-electron chi connectivity index (χ4n) is 6.25. The van der Waals surface area contributed by atoms with Crippen LogP contribution in [0.2, 0.25) is 5.02 Å². The van der Waals surface area contributed by atoms with Gasteiger partial charge in [0.05, 0.1) is 17.6 Å². The molecule has 1 amide bonds. The molecule has 0 bridgehead atoms. The molecule has 1 atom stereocenters. The van der Waals surface area contributed by atoms with Gasteiger partial charge in [-0.3, -0.25) is 4.79 Å². The summed E-state index contributed by atoms with van der Waals surface area (Å²) in [6.45, 7) is 5.69. The van der Waals surface area contributed by atoms with Crippen LogP contribution in [0.25, 0.3) is 11.0 Å². The van der Waals surface area contributed by atoms with E-state index < -0.39 is 0 Å². The normalized spacial score (nSPS) is 14.9. The van der Waals surface area contributed by atoms with E-state index in [1.54, 1.807) is 0 Å². The summed E-state index contributed by atoms with van der Waals surface area (Å²) in [4.78, 5) is 25.0. The van der Waals surface area contributed by atoms with Gasteiger partial charge in [0.1, 0.15) is 18.1 Å². The number of likely N-dealkylation sites (N-methyl/N-ethyl adjacent to an activating group) is 1. The molecule has 8 nitrogen and oxygen atoms in total. The van der Waals surface area contributed by atoms with E-state index >= 15 is 0 Å². The molecule has 9 heteroatoms. The molecule has 234 valence electrons. The number of carbonyl (C=O) groups is 1. The summed E-state index contributed by atoms with van der Waals surface area (Å²) in [5.74, 6) is 2.52. The minimum Gasteiger partial charge on any atom is -0.462 e. The van der Waals surface area contributed by atoms with Crippen molar-refractivity contribution in [2.45, 2.75) is 31.9 Å². The van der Waals surface area contributed by atoms with E-state index in [2.05, 4.69) is 38.6 Å². The number of aliphatic hydroxyl groups excluding tert-OH is 1. The number of rotatable bonds is 11. The number of imidazole rings is 1. The number of carbonyl (C=O) groups excluding carboxylic acids is 1. The molecule has 0 saturated carbocycles. The molecule has 0 spiro atoms. The highest BCUT2D eigenvalue weighted by atomic mass is 35.5. The summed E-state index contributed by atoms with van der Waals surface area (Å²) < 4.78 is 8.07. The number of nitrogens with zero attached hydrogens (tertiary/aromatic N) is 5. The average molecular weight is 626 g/mol. The zero-order valence-electron chi connectivity index (χ0n) is 25.7. The van der Waals surface area contributed by atoms with Crippen molar-refractivity contribution in [2.24, 2.45) is 0 Å². The number of aromatic nitrogens is 2. The number of anilines is 1. The zero-order valence-corrected chi connectivity index (χ0v) is 26.4. The number of aliphatic hydroxyl groups is 1. The molecule has 3 aromatic carbocycles. The second-order valence-electron chi connectivity index (χ2n) is 11.8. The molecular formula is C36H40ClN5O3. The second-order valence-corrected chi connectivity index (χ2v) is 12.2. The highest BCUT2D eigenvalue weighted by Crippen LogP contribution is 2.27. The number of fused-ring (bicyclic) bond motifs is 1. The van der Waals surface area contributed by atoms with Crippen LogP contribution >= 0.6 is 11.6 Å². The molecule has 2 aromatic heterocycles. The van der Waals surface area contributed by atoms with Gasteiger partial charge in [0.25, 0.3) is 5.91 Å². The Labute approximate surface area is 269 Å². The van der Waals surface area contributed by atoms with Crippen LogP contribution in [-0.4, -0.2) is 76.7 Å². The summed E-state index contributed by atoms with van der Waals surface area (Å²) in [7, 11) is 1.89. The molecule has 1 aliphatic rings. The third-order valence-corrected chi connectivity index (χ3v) is 8.94. The molecule has 1 unspecified atom stereocenters. The van der Waals surface area contributed by atoms with Gasteiger partial charge in [-0.15, -0.1) is 0 Å². The highest BCUT2D eigenvalue weighted by molar-refractivity contribution is 6.30. The maximum atomic E-state index is 13.2. The zero-order chi connectivity index (χ0) is 31.2. The van der Waals surface area contributed by atoms with Crippen molar-refractivity contribution in [2.75, 3.05) is 51.2 Å². The number of para-hydroxylation sites is 2. The largest absolute Gasteiger partial charge is 0.462 e. The van der Waals surface area contributed by atoms with Crippen molar-refractivity contribution >= 4 is 34.5 Å². The van der Waals surface area contributed by atoms with E-state index in [4.69, 9.17) is 21.0 Å². The van der Waals surface area contributed by atoms with Crippen LogP contribution < -0.4 is 4.90 Å². The first kappa shape index (κ1) is 30.9. The topological polar surface area (TPSA) is 78.0 Å². The number of benzene rings is 3. The first-order valence-corrected chi connectivity index (χ1v) is 16.0. The number of furan rings is 1. The average Bonchev–Trinajstić information content (AvgIpc) is 3.60. The van der Waals surface area contributed by atoms with Crippen molar-refractivity contribution in [3.8, 4) is 0 Å². The molecule has 1 fully saturated rings. The lowest BCUT2D eigenvalue weighted by Gasteiger charge is -2.28. The fraction of sp³-hybridized carbons (Fsp3) is 0.333. The minimum absolute atomic E-state index is 0.0324. The molecule has 1 saturated heterocycles. The summed E-state index contributed by atoms with van der Waals surface area (Å²) in [5, 5.41) is 10.2. The molecule has 3 heterocycles. The molecule has 45 heavy (non-hydrogen) atoms. The molecule has 1 aliphatic heterocycles. The second kappa shape index (κ2) is 14.3. The maximum Gasteiger partial charge on any atom is 0.253 e. The lowest BCUT2D eigenvalue weighted by molar-refractivity contribution is 0.0782. The van der Waals surface area contributed by atoms with E-state index in [9.17, 15) is 9.90 Å². The maximum absolute atomic E-state index is 13.2. The van der Waals surface area contributed by atoms with E-state index in [-0.39, 0.29) is 18.4 Å². The van der Waals surface area contributed by atoms with Gasteiger partial charge >= 0.3 is 0 Å². The number of hydrogen-bond donors (Lipinski definition) is 1. The fourth-order valence-corrected chi connectivity index (χ4v) is 6.38. The highest BCUT2D eigenvalue weighted by Gasteiger charge is 2.24. The molecular weight excluding hydrogens is 586 g/mol. The SMILES string of the molecule is CN(CC(CCN1CCCN(c2nc3ccccc3n2Cc2ccc(CO)o2)CC1)c1ccc(Cl)cc1)C(=O)c1ccccc1. The summed E-state index contributed by atoms with van der Waals surface area (Å²) in [6, 6.07) is 29.5. The van der Waals surface area contributed by atoms with Gasteiger partial charge in [0.15, 0.2) is 0 Å². The van der Waals surface area contributed by atoms with E-state index in [0.717, 1.165) is 68.3 Å². The Morgan fingerprint density at radius 3 is 2.47 bits per heavy atom. The van der Waals surface area contributed by atoms with Gasteiger partial charge < -0.3 is 28.8 Å². The number of hydrogen-bond acceptors (Lipinski definition) is 6. The van der Waals surface area contributed by atoms with Gasteiger partial charge in [-0.05, 0) is 80.0 Å². The Hall–Kier alpha value is -4.11. The summed E-state index contributed by atoms with van der Waals surface area (Å²) in [5.41, 5.74) is 3.92. The van der Waals surface area contributed by atoms with Gasteiger partial charge in [-0.2, -0.15) is 0 Å². The van der Waals surface area contributed by atoms with Crippen molar-refractivity contribution < 1.29 is 14.3 Å². The lowest BCUT2D eigenvalue weighted by atomic mass is 9.94. The van der Waals surface area contributed by atoms with Crippen LogP contribution in [0, 0.1) is 0 Å². The molecule has 0 radical (unpaired) electrons. The lowest BCUT2D eigenvalue weighted by Crippen LogP contribution is -2.35. The van der Waals surface area contributed by atoms with Crippen molar-refractivity contribution in [1.82, 2.24) is 19.4 Å². The summed E-state index contributed by atoms with van der Waals surface area (Å²) in [6.07, 6.45) is 1.95. The molecule has 0 aliphatic carbocycles. The minimum atomic E-state index is -0.113. The third kappa shape index (κ3) is 7.41. The van der Waals surface area contributed by atoms with E-state index in [0.29, 0.717) is 29.4 Å². The van der Waals surface area contributed by atoms with Gasteiger partial charge in [0.2, 0.25) is 5.95 Å². The van der Waals surface area contributed by atoms with Crippen LogP contribution in [0.4, 0.5) is 5.95 Å². The standard InChI is InChI=1S/C36H40ClN5O3/c1-39(35(44)28-8-3-2-4-9-28)24-29(27-12-14-30(37)15-13-27)18-21-40-19-7-20-41(23-22-40)36-38-33-10-5-6-11-34(33)42(36)25-31-16-17-32(26-43)45-31/h2-6,8-17,29,43H,7,18-26H2,1H3. The van der Waals surface area contributed by atoms with Gasteiger partial charge in [-0.1, -0.05) is 54.1 Å². The molecule has 6 rings (SSSR count). The smallest absolute Gasteiger partial charge is 0.253 e. The Balaban J connectivity index is 1.14. The van der Waals surface area contributed by atoms with Gasteiger partial charge in [0, 0.05) is 49.7 Å². The number of halogens is 1. The monoisotopic (exact) mass is 625 g/mol. The Morgan fingerprint density at radius 1 is 0.933 bits per heavy atom. The van der Waals surface area contributed by atoms with Crippen LogP contribution in [0.5, 0.6) is 0 Å². The van der Waals surface area contributed by atoms with Crippen LogP contribution in [0.15, 0.2) is 95.4 Å². The Morgan fingerprint density at radius 2 is 1.69 bits per heavy atom. The Kier molecular flexibility index (Phi) is 9.84. The van der Waals surface area contributed by atoms with Crippen LogP contribution in [-0.2, 0) is 13.2 Å². The van der Waals surface area contributed by atoms with Crippen molar-refractivity contribution in [1.29, 1.82) is 0 Å². The first-order valence-electron chi connectivity index (χ1n) is 15.7. The predicted molar refractivity (Wildman–Crippen MR) is 179 cm³/mol.